The summed E-state index contributed by atoms with van der Waals surface area (Å²) in [7, 11) is 0. The van der Waals surface area contributed by atoms with E-state index in [9.17, 15) is 14.4 Å². The number of hydrogen-bond donors (Lipinski definition) is 0. The molecule has 6 nitrogen and oxygen atoms in total. The molecule has 0 rings (SSSR count). The van der Waals surface area contributed by atoms with Gasteiger partial charge in [0.25, 0.3) is 0 Å². The topological polar surface area (TPSA) is 78.9 Å². The van der Waals surface area contributed by atoms with Crippen molar-refractivity contribution < 1.29 is 28.6 Å². The Kier molecular flexibility index (Phi) is 53.2. The third-order valence-electron chi connectivity index (χ3n) is 12.9. The first kappa shape index (κ1) is 63.6. The van der Waals surface area contributed by atoms with Gasteiger partial charge in [-0.2, -0.15) is 0 Å². The van der Waals surface area contributed by atoms with Crippen LogP contribution in [0, 0.1) is 0 Å². The van der Waals surface area contributed by atoms with Crippen LogP contribution in [0.3, 0.4) is 0 Å². The van der Waals surface area contributed by atoms with E-state index >= 15 is 0 Å². The minimum atomic E-state index is -0.774. The van der Waals surface area contributed by atoms with E-state index in [2.05, 4.69) is 57.2 Å². The molecule has 0 radical (unpaired) electrons. The van der Waals surface area contributed by atoms with Crippen molar-refractivity contribution in [2.75, 3.05) is 13.2 Å². The third kappa shape index (κ3) is 52.6. The average Bonchev–Trinajstić information content (AvgIpc) is 3.31. The molecule has 6 heteroatoms. The lowest BCUT2D eigenvalue weighted by Gasteiger charge is -2.18. The van der Waals surface area contributed by atoms with Gasteiger partial charge in [0.15, 0.2) is 6.10 Å². The van der Waals surface area contributed by atoms with Gasteiger partial charge in [-0.15, -0.1) is 0 Å². The molecule has 0 saturated carbocycles. The van der Waals surface area contributed by atoms with Gasteiger partial charge in [-0.3, -0.25) is 14.4 Å². The zero-order valence-electron chi connectivity index (χ0n) is 44.2. The number of carbonyl (C=O) groups is 3. The van der Waals surface area contributed by atoms with Gasteiger partial charge in [0.1, 0.15) is 13.2 Å². The second-order valence-electron chi connectivity index (χ2n) is 19.6. The summed E-state index contributed by atoms with van der Waals surface area (Å²) in [5.41, 5.74) is 0. The molecular formula is C60H110O6. The molecule has 0 aromatic heterocycles. The minimum absolute atomic E-state index is 0.0734. The van der Waals surface area contributed by atoms with Crippen LogP contribution in [-0.2, 0) is 28.6 Å². The molecule has 0 spiro atoms. The fourth-order valence-corrected chi connectivity index (χ4v) is 8.47. The number of hydrogen-bond acceptors (Lipinski definition) is 6. The van der Waals surface area contributed by atoms with E-state index < -0.39 is 6.10 Å². The summed E-state index contributed by atoms with van der Waals surface area (Å²) in [4.78, 5) is 38.1. The molecule has 0 heterocycles. The van der Waals surface area contributed by atoms with Crippen LogP contribution in [0.4, 0.5) is 0 Å². The standard InChI is InChI=1S/C60H110O6/c1-4-7-10-13-16-19-22-25-28-29-30-31-33-35-38-41-44-47-50-53-59(62)65-56-57(55-64-58(61)52-49-46-43-40-37-34-27-24-21-18-15-12-9-6-3)66-60(63)54-51-48-45-42-39-36-32-26-23-20-17-14-11-8-5-2/h16,19,24-25,27-28,57H,4-15,17-18,20-23,26,29-56H2,1-3H3/b19-16+,27-24+,28-25+/t57-/m1/s1. The fraction of sp³-hybridized carbons (Fsp3) is 0.850. The Morgan fingerprint density at radius 2 is 0.545 bits per heavy atom. The van der Waals surface area contributed by atoms with Crippen LogP contribution < -0.4 is 0 Å². The van der Waals surface area contributed by atoms with Gasteiger partial charge >= 0.3 is 17.9 Å². The van der Waals surface area contributed by atoms with E-state index in [-0.39, 0.29) is 31.1 Å². The van der Waals surface area contributed by atoms with Crippen molar-refractivity contribution in [3.63, 3.8) is 0 Å². The average molecular weight is 928 g/mol. The molecule has 0 amide bonds. The molecule has 0 fully saturated rings. The molecule has 1 atom stereocenters. The molecule has 0 aliphatic rings. The van der Waals surface area contributed by atoms with Crippen molar-refractivity contribution in [2.24, 2.45) is 0 Å². The Hall–Kier alpha value is -2.37. The number of unbranched alkanes of at least 4 members (excludes halogenated alkanes) is 36. The summed E-state index contributed by atoms with van der Waals surface area (Å²) in [6.07, 6.45) is 65.6. The Bertz CT molecular complexity index is 1110. The van der Waals surface area contributed by atoms with Crippen molar-refractivity contribution >= 4 is 17.9 Å². The smallest absolute Gasteiger partial charge is 0.306 e. The molecule has 66 heavy (non-hydrogen) atoms. The van der Waals surface area contributed by atoms with E-state index in [1.807, 2.05) is 0 Å². The van der Waals surface area contributed by atoms with Crippen molar-refractivity contribution in [1.82, 2.24) is 0 Å². The Morgan fingerprint density at radius 3 is 0.879 bits per heavy atom. The number of esters is 3. The molecule has 0 saturated heterocycles. The zero-order chi connectivity index (χ0) is 47.9. The van der Waals surface area contributed by atoms with Crippen LogP contribution in [0.25, 0.3) is 0 Å². The zero-order valence-corrected chi connectivity index (χ0v) is 44.2. The van der Waals surface area contributed by atoms with Gasteiger partial charge < -0.3 is 14.2 Å². The first-order valence-corrected chi connectivity index (χ1v) is 29.0. The molecule has 0 unspecified atom stereocenters. The van der Waals surface area contributed by atoms with Crippen molar-refractivity contribution in [3.05, 3.63) is 36.5 Å². The van der Waals surface area contributed by atoms with Crippen molar-refractivity contribution in [2.45, 2.75) is 316 Å². The first-order chi connectivity index (χ1) is 32.5. The predicted octanol–water partition coefficient (Wildman–Crippen LogP) is 19.3. The third-order valence-corrected chi connectivity index (χ3v) is 12.9. The van der Waals surface area contributed by atoms with Crippen molar-refractivity contribution in [1.29, 1.82) is 0 Å². The predicted molar refractivity (Wildman–Crippen MR) is 284 cm³/mol. The highest BCUT2D eigenvalue weighted by atomic mass is 16.6. The molecule has 0 aromatic carbocycles. The fourth-order valence-electron chi connectivity index (χ4n) is 8.47. The molecule has 0 aromatic rings. The number of rotatable bonds is 53. The molecule has 0 N–H and O–H groups in total. The van der Waals surface area contributed by atoms with E-state index in [1.165, 1.54) is 199 Å². The second kappa shape index (κ2) is 55.2. The Morgan fingerprint density at radius 1 is 0.303 bits per heavy atom. The van der Waals surface area contributed by atoms with Crippen LogP contribution in [0.1, 0.15) is 310 Å². The Labute approximate surface area is 410 Å². The van der Waals surface area contributed by atoms with Gasteiger partial charge in [-0.05, 0) is 77.0 Å². The summed E-state index contributed by atoms with van der Waals surface area (Å²) in [5.74, 6) is -0.868. The first-order valence-electron chi connectivity index (χ1n) is 29.0. The maximum Gasteiger partial charge on any atom is 0.306 e. The second-order valence-corrected chi connectivity index (χ2v) is 19.6. The van der Waals surface area contributed by atoms with Gasteiger partial charge in [0, 0.05) is 19.3 Å². The van der Waals surface area contributed by atoms with Gasteiger partial charge in [0.2, 0.25) is 0 Å². The Balaban J connectivity index is 4.34. The van der Waals surface area contributed by atoms with E-state index in [0.717, 1.165) is 70.6 Å². The SMILES string of the molecule is CCCCC/C=C/C/C=C/CCCCCCCCCCCC(=O)OC[C@@H](COC(=O)CCCCCCC/C=C/CCCCCCC)OC(=O)CCCCCCCCCCCCCCCCC. The lowest BCUT2D eigenvalue weighted by molar-refractivity contribution is -0.167. The maximum atomic E-state index is 12.8. The molecule has 0 aliphatic carbocycles. The largest absolute Gasteiger partial charge is 0.462 e. The van der Waals surface area contributed by atoms with E-state index in [4.69, 9.17) is 14.2 Å². The highest BCUT2D eigenvalue weighted by Crippen LogP contribution is 2.16. The normalized spacial score (nSPS) is 12.2. The number of carbonyl (C=O) groups excluding carboxylic acids is 3. The van der Waals surface area contributed by atoms with Crippen molar-refractivity contribution in [3.8, 4) is 0 Å². The van der Waals surface area contributed by atoms with Gasteiger partial charge in [0.05, 0.1) is 0 Å². The maximum absolute atomic E-state index is 12.8. The van der Waals surface area contributed by atoms with Crippen LogP contribution >= 0.6 is 0 Å². The number of ether oxygens (including phenoxy) is 3. The molecule has 386 valence electrons. The summed E-state index contributed by atoms with van der Waals surface area (Å²) in [5, 5.41) is 0. The van der Waals surface area contributed by atoms with E-state index in [1.54, 1.807) is 0 Å². The van der Waals surface area contributed by atoms with Crippen LogP contribution in [0.15, 0.2) is 36.5 Å². The molecule has 0 bridgehead atoms. The monoisotopic (exact) mass is 927 g/mol. The lowest BCUT2D eigenvalue weighted by Crippen LogP contribution is -2.30. The van der Waals surface area contributed by atoms with Crippen LogP contribution in [0.5, 0.6) is 0 Å². The van der Waals surface area contributed by atoms with Crippen LogP contribution in [0.2, 0.25) is 0 Å². The molecular weight excluding hydrogens is 817 g/mol. The van der Waals surface area contributed by atoms with Gasteiger partial charge in [-0.1, -0.05) is 250 Å². The van der Waals surface area contributed by atoms with Gasteiger partial charge in [-0.25, -0.2) is 0 Å². The summed E-state index contributed by atoms with van der Waals surface area (Å²) >= 11 is 0. The highest BCUT2D eigenvalue weighted by molar-refractivity contribution is 5.71. The highest BCUT2D eigenvalue weighted by Gasteiger charge is 2.19. The van der Waals surface area contributed by atoms with Crippen LogP contribution in [-0.4, -0.2) is 37.2 Å². The summed E-state index contributed by atoms with van der Waals surface area (Å²) in [6, 6.07) is 0. The van der Waals surface area contributed by atoms with E-state index in [0.29, 0.717) is 19.3 Å². The summed E-state index contributed by atoms with van der Waals surface area (Å²) < 4.78 is 16.9. The minimum Gasteiger partial charge on any atom is -0.462 e. The quantitative estimate of drug-likeness (QED) is 0.0262. The lowest BCUT2D eigenvalue weighted by atomic mass is 10.0. The summed E-state index contributed by atoms with van der Waals surface area (Å²) in [6.45, 7) is 6.64. The number of allylic oxidation sites excluding steroid dienone is 6. The molecule has 0 aliphatic heterocycles.